The van der Waals surface area contributed by atoms with Crippen LogP contribution in [0.3, 0.4) is 0 Å². The zero-order chi connectivity index (χ0) is 16.6. The Balaban J connectivity index is 1.70. The fourth-order valence-electron chi connectivity index (χ4n) is 2.27. The second-order valence-corrected chi connectivity index (χ2v) is 7.70. The molecule has 3 rings (SSSR count). The summed E-state index contributed by atoms with van der Waals surface area (Å²) in [6.07, 6.45) is 0. The van der Waals surface area contributed by atoms with Crippen LogP contribution in [0.1, 0.15) is 20.7 Å². The van der Waals surface area contributed by atoms with E-state index in [4.69, 9.17) is 0 Å². The van der Waals surface area contributed by atoms with Crippen LogP contribution in [-0.4, -0.2) is 38.2 Å². The van der Waals surface area contributed by atoms with Crippen LogP contribution in [0.4, 0.5) is 4.39 Å². The van der Waals surface area contributed by atoms with Crippen LogP contribution in [0.2, 0.25) is 0 Å². The van der Waals surface area contributed by atoms with Gasteiger partial charge >= 0.3 is 0 Å². The molecule has 23 heavy (non-hydrogen) atoms. The first-order valence-electron chi connectivity index (χ1n) is 6.59. The first-order valence-corrected chi connectivity index (χ1v) is 8.96. The zero-order valence-electron chi connectivity index (χ0n) is 11.7. The molecule has 1 N–H and O–H groups in total. The second-order valence-electron chi connectivity index (χ2n) is 4.75. The quantitative estimate of drug-likeness (QED) is 0.824. The number of carbonyl (C=O) groups excluding carboxylic acids is 2. The summed E-state index contributed by atoms with van der Waals surface area (Å²) in [7, 11) is -3.67. The van der Waals surface area contributed by atoms with Gasteiger partial charge in [-0.25, -0.2) is 17.5 Å². The third-order valence-electron chi connectivity index (χ3n) is 3.34. The molecule has 0 radical (unpaired) electrons. The Kier molecular flexibility index (Phi) is 4.00. The van der Waals surface area contributed by atoms with Gasteiger partial charge in [0.1, 0.15) is 10.0 Å². The van der Waals surface area contributed by atoms with E-state index in [0.717, 1.165) is 22.3 Å². The molecule has 1 aliphatic rings. The summed E-state index contributed by atoms with van der Waals surface area (Å²) in [5, 5.41) is 1.63. The van der Waals surface area contributed by atoms with Gasteiger partial charge < -0.3 is 0 Å². The van der Waals surface area contributed by atoms with Gasteiger partial charge in [0.2, 0.25) is 10.0 Å². The number of nitrogens with one attached hydrogen (secondary N) is 1. The molecule has 2 amide bonds. The molecule has 0 bridgehead atoms. The largest absolute Gasteiger partial charge is 0.273 e. The van der Waals surface area contributed by atoms with Gasteiger partial charge in [-0.1, -0.05) is 12.1 Å². The molecule has 0 atom stereocenters. The van der Waals surface area contributed by atoms with Crippen molar-refractivity contribution in [1.29, 1.82) is 0 Å². The topological polar surface area (TPSA) is 83.6 Å². The molecule has 0 unspecified atom stereocenters. The predicted octanol–water partition coefficient (Wildman–Crippen LogP) is 1.46. The maximum Gasteiger partial charge on any atom is 0.264 e. The number of hydrogen-bond acceptors (Lipinski definition) is 5. The third-order valence-corrected chi connectivity index (χ3v) is 6.19. The summed E-state index contributed by atoms with van der Waals surface area (Å²) in [6.45, 7) is -0.316. The molecule has 0 spiro atoms. The van der Waals surface area contributed by atoms with Crippen molar-refractivity contribution in [3.8, 4) is 0 Å². The van der Waals surface area contributed by atoms with Crippen molar-refractivity contribution in [2.24, 2.45) is 0 Å². The summed E-state index contributed by atoms with van der Waals surface area (Å²) >= 11 is 1.06. The second kappa shape index (κ2) is 5.84. The van der Waals surface area contributed by atoms with E-state index in [1.807, 2.05) is 0 Å². The number of thiophene rings is 1. The normalized spacial score (nSPS) is 14.4. The summed E-state index contributed by atoms with van der Waals surface area (Å²) in [6, 6.07) is 6.88. The number of fused-ring (bicyclic) bond motifs is 1. The molecule has 6 nitrogen and oxygen atoms in total. The third kappa shape index (κ3) is 2.78. The summed E-state index contributed by atoms with van der Waals surface area (Å²) < 4.78 is 40.0. The molecule has 0 saturated carbocycles. The van der Waals surface area contributed by atoms with Gasteiger partial charge in [-0.15, -0.1) is 11.3 Å². The Labute approximate surface area is 135 Å². The van der Waals surface area contributed by atoms with E-state index in [-0.39, 0.29) is 28.4 Å². The summed E-state index contributed by atoms with van der Waals surface area (Å²) in [5.74, 6) is -2.14. The number of sulfonamides is 1. The van der Waals surface area contributed by atoms with E-state index in [1.54, 1.807) is 11.4 Å². The smallest absolute Gasteiger partial charge is 0.264 e. The zero-order valence-corrected chi connectivity index (χ0v) is 13.3. The fraction of sp³-hybridized carbons (Fsp3) is 0.143. The van der Waals surface area contributed by atoms with Gasteiger partial charge in [-0.05, 0) is 23.6 Å². The Bertz CT molecular complexity index is 878. The molecule has 2 aromatic rings. The van der Waals surface area contributed by atoms with Crippen LogP contribution >= 0.6 is 11.3 Å². The van der Waals surface area contributed by atoms with Gasteiger partial charge in [0.15, 0.2) is 0 Å². The molecular weight excluding hydrogens is 343 g/mol. The van der Waals surface area contributed by atoms with E-state index in [0.29, 0.717) is 0 Å². The van der Waals surface area contributed by atoms with Crippen molar-refractivity contribution >= 4 is 33.2 Å². The number of imide groups is 1. The van der Waals surface area contributed by atoms with Gasteiger partial charge in [0.05, 0.1) is 11.1 Å². The number of nitrogens with zero attached hydrogens (tertiary/aromatic N) is 1. The maximum absolute atomic E-state index is 13.7. The average Bonchev–Trinajstić information content (AvgIpc) is 3.11. The first-order chi connectivity index (χ1) is 10.9. The lowest BCUT2D eigenvalue weighted by atomic mass is 10.1. The van der Waals surface area contributed by atoms with Gasteiger partial charge in [0, 0.05) is 13.1 Å². The van der Waals surface area contributed by atoms with Gasteiger partial charge in [0.25, 0.3) is 11.8 Å². The molecule has 0 fully saturated rings. The fourth-order valence-corrected chi connectivity index (χ4v) is 4.33. The van der Waals surface area contributed by atoms with Crippen LogP contribution in [-0.2, 0) is 10.0 Å². The van der Waals surface area contributed by atoms with E-state index < -0.39 is 27.7 Å². The van der Waals surface area contributed by atoms with Gasteiger partial charge in [-0.3, -0.25) is 14.5 Å². The number of carbonyl (C=O) groups is 2. The minimum atomic E-state index is -3.67. The SMILES string of the molecule is O=C1c2cccc(F)c2C(=O)N1CCNS(=O)(=O)c1cccs1. The Morgan fingerprint density at radius 2 is 1.91 bits per heavy atom. The molecule has 9 heteroatoms. The number of benzene rings is 1. The van der Waals surface area contributed by atoms with Crippen molar-refractivity contribution in [3.05, 3.63) is 52.7 Å². The van der Waals surface area contributed by atoms with Crippen LogP contribution in [0, 0.1) is 5.82 Å². The van der Waals surface area contributed by atoms with Crippen molar-refractivity contribution in [2.45, 2.75) is 4.21 Å². The average molecular weight is 354 g/mol. The highest BCUT2D eigenvalue weighted by Gasteiger charge is 2.37. The molecule has 1 aromatic heterocycles. The number of hydrogen-bond donors (Lipinski definition) is 1. The van der Waals surface area contributed by atoms with Crippen LogP contribution in [0.15, 0.2) is 39.9 Å². The number of rotatable bonds is 5. The Morgan fingerprint density at radius 3 is 2.57 bits per heavy atom. The predicted molar refractivity (Wildman–Crippen MR) is 81.3 cm³/mol. The van der Waals surface area contributed by atoms with Crippen LogP contribution in [0.5, 0.6) is 0 Å². The lowest BCUT2D eigenvalue weighted by Crippen LogP contribution is -2.38. The highest BCUT2D eigenvalue weighted by atomic mass is 32.2. The summed E-state index contributed by atoms with van der Waals surface area (Å²) in [5.41, 5.74) is -0.269. The van der Waals surface area contributed by atoms with Crippen LogP contribution in [0.25, 0.3) is 0 Å². The van der Waals surface area contributed by atoms with Crippen LogP contribution < -0.4 is 4.72 Å². The molecule has 1 aliphatic heterocycles. The van der Waals surface area contributed by atoms with Crippen molar-refractivity contribution < 1.29 is 22.4 Å². The standard InChI is InChI=1S/C14H11FN2O4S2/c15-10-4-1-3-9-12(10)14(19)17(13(9)18)7-6-16-23(20,21)11-5-2-8-22-11/h1-5,8,16H,6-7H2. The molecular formula is C14H11FN2O4S2. The highest BCUT2D eigenvalue weighted by Crippen LogP contribution is 2.24. The highest BCUT2D eigenvalue weighted by molar-refractivity contribution is 7.91. The van der Waals surface area contributed by atoms with Crippen molar-refractivity contribution in [2.75, 3.05) is 13.1 Å². The van der Waals surface area contributed by atoms with Gasteiger partial charge in [-0.2, -0.15) is 0 Å². The Morgan fingerprint density at radius 1 is 1.13 bits per heavy atom. The van der Waals surface area contributed by atoms with E-state index in [1.165, 1.54) is 18.2 Å². The monoisotopic (exact) mass is 354 g/mol. The summed E-state index contributed by atoms with van der Waals surface area (Å²) in [4.78, 5) is 25.0. The van der Waals surface area contributed by atoms with E-state index in [9.17, 15) is 22.4 Å². The van der Waals surface area contributed by atoms with E-state index >= 15 is 0 Å². The lowest BCUT2D eigenvalue weighted by Gasteiger charge is -2.14. The minimum Gasteiger partial charge on any atom is -0.273 e. The lowest BCUT2D eigenvalue weighted by molar-refractivity contribution is 0.0656. The molecule has 1 aromatic carbocycles. The number of amides is 2. The first kappa shape index (κ1) is 15.8. The minimum absolute atomic E-state index is 0.00360. The molecule has 0 aliphatic carbocycles. The van der Waals surface area contributed by atoms with Crippen molar-refractivity contribution in [1.82, 2.24) is 9.62 Å². The van der Waals surface area contributed by atoms with E-state index in [2.05, 4.69) is 4.72 Å². The van der Waals surface area contributed by atoms with Crippen molar-refractivity contribution in [3.63, 3.8) is 0 Å². The molecule has 120 valence electrons. The maximum atomic E-state index is 13.7. The Hall–Kier alpha value is -2.10. The molecule has 0 saturated heterocycles. The number of halogens is 1. The molecule has 2 heterocycles.